The van der Waals surface area contributed by atoms with Crippen molar-refractivity contribution >= 4 is 6.01 Å². The lowest BCUT2D eigenvalue weighted by Gasteiger charge is -2.19. The van der Waals surface area contributed by atoms with E-state index in [0.29, 0.717) is 12.2 Å². The van der Waals surface area contributed by atoms with Crippen LogP contribution in [0.25, 0.3) is 0 Å². The molecule has 0 unspecified atom stereocenters. The zero-order chi connectivity index (χ0) is 13.6. The van der Waals surface area contributed by atoms with Gasteiger partial charge < -0.3 is 14.6 Å². The van der Waals surface area contributed by atoms with E-state index in [9.17, 15) is 13.2 Å². The minimum absolute atomic E-state index is 0.0168. The summed E-state index contributed by atoms with van der Waals surface area (Å²) in [5, 5.41) is 3.11. The Kier molecular flexibility index (Phi) is 5.46. The average Bonchev–Trinajstić information content (AvgIpc) is 2.74. The van der Waals surface area contributed by atoms with Gasteiger partial charge in [0.1, 0.15) is 12.8 Å². The van der Waals surface area contributed by atoms with Crippen LogP contribution in [0.15, 0.2) is 10.7 Å². The Morgan fingerprint density at radius 1 is 1.39 bits per heavy atom. The Morgan fingerprint density at radius 2 is 2.11 bits per heavy atom. The minimum atomic E-state index is -4.26. The van der Waals surface area contributed by atoms with Crippen LogP contribution in [0.4, 0.5) is 19.2 Å². The molecule has 1 aromatic rings. The summed E-state index contributed by atoms with van der Waals surface area (Å²) in [5.41, 5.74) is 0.610. The summed E-state index contributed by atoms with van der Waals surface area (Å²) >= 11 is 0. The number of nitrogens with one attached hydrogen (secondary N) is 1. The first-order chi connectivity index (χ1) is 8.46. The normalized spacial score (nSPS) is 11.8. The molecule has 18 heavy (non-hydrogen) atoms. The summed E-state index contributed by atoms with van der Waals surface area (Å²) in [6, 6.07) is 0.0168. The van der Waals surface area contributed by atoms with Gasteiger partial charge in [0.25, 0.3) is 6.01 Å². The molecule has 104 valence electrons. The van der Waals surface area contributed by atoms with Gasteiger partial charge in [-0.2, -0.15) is 18.2 Å². The van der Waals surface area contributed by atoms with E-state index in [1.54, 1.807) is 6.92 Å². The summed E-state index contributed by atoms with van der Waals surface area (Å²) in [7, 11) is 0. The quantitative estimate of drug-likeness (QED) is 0.769. The first kappa shape index (κ1) is 14.8. The van der Waals surface area contributed by atoms with Crippen molar-refractivity contribution in [3.8, 4) is 0 Å². The second-order valence-corrected chi connectivity index (χ2v) is 3.93. The largest absolute Gasteiger partial charge is 0.432 e. The lowest BCUT2D eigenvalue weighted by Crippen LogP contribution is -2.34. The van der Waals surface area contributed by atoms with Gasteiger partial charge in [-0.1, -0.05) is 6.92 Å². The molecule has 1 rings (SSSR count). The van der Waals surface area contributed by atoms with E-state index in [0.717, 1.165) is 17.9 Å². The predicted molar refractivity (Wildman–Crippen MR) is 62.4 cm³/mol. The number of aromatic nitrogens is 1. The molecule has 4 nitrogen and oxygen atoms in total. The molecule has 0 aliphatic heterocycles. The molecular formula is C11H18F3N3O. The molecule has 0 spiro atoms. The topological polar surface area (TPSA) is 41.3 Å². The van der Waals surface area contributed by atoms with Gasteiger partial charge in [-0.05, 0) is 19.9 Å². The molecule has 0 fully saturated rings. The third-order valence-corrected chi connectivity index (χ3v) is 2.29. The SMILES string of the molecule is CCCNCc1coc(N(CC)CC(F)(F)F)n1. The molecular weight excluding hydrogens is 247 g/mol. The first-order valence-corrected chi connectivity index (χ1v) is 5.93. The smallest absolute Gasteiger partial charge is 0.406 e. The first-order valence-electron chi connectivity index (χ1n) is 5.93. The Morgan fingerprint density at radius 3 is 2.67 bits per heavy atom. The number of hydrogen-bond donors (Lipinski definition) is 1. The van der Waals surface area contributed by atoms with Crippen LogP contribution < -0.4 is 10.2 Å². The van der Waals surface area contributed by atoms with Gasteiger partial charge in [0.05, 0.1) is 5.69 Å². The van der Waals surface area contributed by atoms with E-state index >= 15 is 0 Å². The molecule has 1 heterocycles. The van der Waals surface area contributed by atoms with Crippen LogP contribution >= 0.6 is 0 Å². The number of oxazole rings is 1. The molecule has 0 aromatic carbocycles. The van der Waals surface area contributed by atoms with Gasteiger partial charge >= 0.3 is 6.18 Å². The standard InChI is InChI=1S/C11H18F3N3O/c1-3-5-15-6-9-7-18-10(16-9)17(4-2)8-11(12,13)14/h7,15H,3-6,8H2,1-2H3. The lowest BCUT2D eigenvalue weighted by molar-refractivity contribution is -0.120. The van der Waals surface area contributed by atoms with Crippen LogP contribution in [0.2, 0.25) is 0 Å². The average molecular weight is 265 g/mol. The van der Waals surface area contributed by atoms with Crippen molar-refractivity contribution in [1.29, 1.82) is 0 Å². The highest BCUT2D eigenvalue weighted by atomic mass is 19.4. The third-order valence-electron chi connectivity index (χ3n) is 2.29. The van der Waals surface area contributed by atoms with Crippen molar-refractivity contribution in [2.75, 3.05) is 24.5 Å². The van der Waals surface area contributed by atoms with Crippen molar-refractivity contribution in [1.82, 2.24) is 10.3 Å². The third kappa shape index (κ3) is 4.95. The summed E-state index contributed by atoms with van der Waals surface area (Å²) in [5.74, 6) is 0. The van der Waals surface area contributed by atoms with Crippen LogP contribution in [0, 0.1) is 0 Å². The van der Waals surface area contributed by atoms with Gasteiger partial charge in [-0.3, -0.25) is 0 Å². The van der Waals surface area contributed by atoms with Crippen molar-refractivity contribution in [2.24, 2.45) is 0 Å². The molecule has 0 radical (unpaired) electrons. The maximum Gasteiger partial charge on any atom is 0.406 e. The fraction of sp³-hybridized carbons (Fsp3) is 0.727. The maximum atomic E-state index is 12.3. The Balaban J connectivity index is 2.59. The molecule has 0 saturated carbocycles. The van der Waals surface area contributed by atoms with E-state index in [1.807, 2.05) is 6.92 Å². The van der Waals surface area contributed by atoms with Crippen LogP contribution in [-0.4, -0.2) is 30.8 Å². The molecule has 1 aromatic heterocycles. The second-order valence-electron chi connectivity index (χ2n) is 3.93. The van der Waals surface area contributed by atoms with Crippen molar-refractivity contribution in [3.05, 3.63) is 12.0 Å². The Labute approximate surface area is 104 Å². The maximum absolute atomic E-state index is 12.3. The fourth-order valence-electron chi connectivity index (χ4n) is 1.45. The number of halogens is 3. The Bertz CT molecular complexity index is 352. The molecule has 0 atom stereocenters. The zero-order valence-electron chi connectivity index (χ0n) is 10.5. The second kappa shape index (κ2) is 6.63. The van der Waals surface area contributed by atoms with Gasteiger partial charge in [0.2, 0.25) is 0 Å². The van der Waals surface area contributed by atoms with E-state index < -0.39 is 12.7 Å². The van der Waals surface area contributed by atoms with Crippen LogP contribution in [-0.2, 0) is 6.54 Å². The number of nitrogens with zero attached hydrogens (tertiary/aromatic N) is 2. The molecule has 0 amide bonds. The predicted octanol–water partition coefficient (Wildman–Crippen LogP) is 2.56. The van der Waals surface area contributed by atoms with Crippen molar-refractivity contribution < 1.29 is 17.6 Å². The zero-order valence-corrected chi connectivity index (χ0v) is 10.5. The molecule has 1 N–H and O–H groups in total. The summed E-state index contributed by atoms with van der Waals surface area (Å²) in [6.07, 6.45) is -1.89. The van der Waals surface area contributed by atoms with Gasteiger partial charge in [-0.15, -0.1) is 0 Å². The highest BCUT2D eigenvalue weighted by Gasteiger charge is 2.31. The van der Waals surface area contributed by atoms with Gasteiger partial charge in [-0.25, -0.2) is 0 Å². The van der Waals surface area contributed by atoms with Crippen molar-refractivity contribution in [2.45, 2.75) is 33.0 Å². The minimum Gasteiger partial charge on any atom is -0.432 e. The fourth-order valence-corrected chi connectivity index (χ4v) is 1.45. The monoisotopic (exact) mass is 265 g/mol. The molecule has 0 aliphatic rings. The summed E-state index contributed by atoms with van der Waals surface area (Å²) in [6.45, 7) is 4.14. The number of hydrogen-bond acceptors (Lipinski definition) is 4. The van der Waals surface area contributed by atoms with E-state index in [4.69, 9.17) is 4.42 Å². The highest BCUT2D eigenvalue weighted by molar-refractivity contribution is 5.27. The van der Waals surface area contributed by atoms with E-state index in [1.165, 1.54) is 6.26 Å². The highest BCUT2D eigenvalue weighted by Crippen LogP contribution is 2.21. The van der Waals surface area contributed by atoms with Crippen molar-refractivity contribution in [3.63, 3.8) is 0 Å². The van der Waals surface area contributed by atoms with Crippen LogP contribution in [0.3, 0.4) is 0 Å². The van der Waals surface area contributed by atoms with Gasteiger partial charge in [0, 0.05) is 13.1 Å². The van der Waals surface area contributed by atoms with E-state index in [2.05, 4.69) is 10.3 Å². The molecule has 0 bridgehead atoms. The van der Waals surface area contributed by atoms with E-state index in [-0.39, 0.29) is 12.6 Å². The van der Waals surface area contributed by atoms with Crippen LogP contribution in [0.5, 0.6) is 0 Å². The Hall–Kier alpha value is -1.24. The molecule has 0 saturated heterocycles. The summed E-state index contributed by atoms with van der Waals surface area (Å²) in [4.78, 5) is 5.09. The number of rotatable bonds is 7. The molecule has 7 heteroatoms. The van der Waals surface area contributed by atoms with Gasteiger partial charge in [0.15, 0.2) is 0 Å². The molecule has 0 aliphatic carbocycles. The van der Waals surface area contributed by atoms with Crippen LogP contribution in [0.1, 0.15) is 26.0 Å². The number of anilines is 1. The summed E-state index contributed by atoms with van der Waals surface area (Å²) < 4.78 is 42.0. The lowest BCUT2D eigenvalue weighted by atomic mass is 10.4. The number of alkyl halides is 3.